The van der Waals surface area contributed by atoms with Gasteiger partial charge in [-0.25, -0.2) is 0 Å². The number of aliphatic carboxylic acids is 1. The topological polar surface area (TPSA) is 89.7 Å². The van der Waals surface area contributed by atoms with Crippen molar-refractivity contribution in [2.45, 2.75) is 18.4 Å². The van der Waals surface area contributed by atoms with E-state index < -0.39 is 23.0 Å². The highest BCUT2D eigenvalue weighted by Gasteiger charge is 2.40. The van der Waals surface area contributed by atoms with E-state index in [-0.39, 0.29) is 19.4 Å². The minimum absolute atomic E-state index is 0.0435. The predicted octanol–water partition coefficient (Wildman–Crippen LogP) is 3.09. The zero-order chi connectivity index (χ0) is 17.4. The van der Waals surface area contributed by atoms with Gasteiger partial charge in [0.25, 0.3) is 0 Å². The van der Waals surface area contributed by atoms with Crippen LogP contribution >= 0.6 is 0 Å². The number of benzene rings is 2. The molecule has 0 atom stereocenters. The second kappa shape index (κ2) is 8.21. The van der Waals surface area contributed by atoms with Crippen molar-refractivity contribution in [3.05, 3.63) is 81.9 Å². The lowest BCUT2D eigenvalue weighted by molar-refractivity contribution is -0.501. The molecule has 2 aromatic carbocycles. The monoisotopic (exact) mass is 329 g/mol. The number of nitro groups is 1. The number of carboxylic acids is 1. The van der Waals surface area contributed by atoms with Gasteiger partial charge in [0, 0.05) is 18.0 Å². The van der Waals surface area contributed by atoms with Crippen LogP contribution in [0.4, 0.5) is 0 Å². The second-order valence-electron chi connectivity index (χ2n) is 5.40. The normalized spacial score (nSPS) is 11.2. The number of rotatable bonds is 9. The Bertz CT molecular complexity index is 633. The third-order valence-electron chi connectivity index (χ3n) is 3.72. The molecule has 0 radical (unpaired) electrons. The third kappa shape index (κ3) is 4.39. The summed E-state index contributed by atoms with van der Waals surface area (Å²) in [5.41, 5.74) is 0.0938. The second-order valence-corrected chi connectivity index (χ2v) is 5.40. The molecule has 2 aromatic rings. The highest BCUT2D eigenvalue weighted by molar-refractivity contribution is 5.66. The Hall–Kier alpha value is -2.73. The third-order valence-corrected chi connectivity index (χ3v) is 3.72. The van der Waals surface area contributed by atoms with Crippen molar-refractivity contribution in [1.29, 1.82) is 0 Å². The summed E-state index contributed by atoms with van der Waals surface area (Å²) < 4.78 is 5.96. The molecule has 0 aromatic heterocycles. The van der Waals surface area contributed by atoms with Crippen LogP contribution in [0.25, 0.3) is 0 Å². The Morgan fingerprint density at radius 3 is 1.96 bits per heavy atom. The number of ether oxygens (including phenoxy) is 1. The van der Waals surface area contributed by atoms with Crippen LogP contribution in [0.5, 0.6) is 0 Å². The van der Waals surface area contributed by atoms with E-state index >= 15 is 0 Å². The molecule has 0 saturated carbocycles. The first-order valence-corrected chi connectivity index (χ1v) is 7.63. The fraction of sp³-hybridized carbons (Fsp3) is 0.278. The Morgan fingerprint density at radius 2 is 1.54 bits per heavy atom. The van der Waals surface area contributed by atoms with Gasteiger partial charge in [-0.05, 0) is 17.5 Å². The summed E-state index contributed by atoms with van der Waals surface area (Å²) in [4.78, 5) is 21.6. The first kappa shape index (κ1) is 17.6. The molecule has 0 fully saturated rings. The van der Waals surface area contributed by atoms with Crippen molar-refractivity contribution in [3.8, 4) is 0 Å². The van der Waals surface area contributed by atoms with Crippen molar-refractivity contribution >= 4 is 5.97 Å². The maximum Gasteiger partial charge on any atom is 0.303 e. The number of hydrogen-bond donors (Lipinski definition) is 1. The lowest BCUT2D eigenvalue weighted by Crippen LogP contribution is -2.39. The average Bonchev–Trinajstić information content (AvgIpc) is 2.58. The van der Waals surface area contributed by atoms with Crippen LogP contribution in [0.1, 0.15) is 24.0 Å². The highest BCUT2D eigenvalue weighted by atomic mass is 16.6. The fourth-order valence-electron chi connectivity index (χ4n) is 2.63. The lowest BCUT2D eigenvalue weighted by atomic mass is 9.86. The molecule has 0 spiro atoms. The summed E-state index contributed by atoms with van der Waals surface area (Å²) in [5.74, 6) is -0.919. The van der Waals surface area contributed by atoms with Crippen LogP contribution in [-0.2, 0) is 15.1 Å². The first-order valence-electron chi connectivity index (χ1n) is 7.63. The quantitative estimate of drug-likeness (QED) is 0.434. The molecular formula is C18H19NO5. The van der Waals surface area contributed by atoms with Gasteiger partial charge in [-0.3, -0.25) is 14.9 Å². The van der Waals surface area contributed by atoms with Gasteiger partial charge < -0.3 is 9.84 Å². The highest BCUT2D eigenvalue weighted by Crippen LogP contribution is 2.34. The van der Waals surface area contributed by atoms with E-state index in [0.717, 1.165) is 0 Å². The molecule has 6 heteroatoms. The Labute approximate surface area is 139 Å². The molecule has 0 unspecified atom stereocenters. The molecule has 0 aliphatic carbocycles. The number of carboxylic acid groups (broad SMARTS) is 1. The molecule has 0 bridgehead atoms. The van der Waals surface area contributed by atoms with Gasteiger partial charge in [-0.1, -0.05) is 60.7 Å². The predicted molar refractivity (Wildman–Crippen MR) is 88.3 cm³/mol. The van der Waals surface area contributed by atoms with E-state index in [0.29, 0.717) is 11.1 Å². The molecule has 0 saturated heterocycles. The molecule has 126 valence electrons. The van der Waals surface area contributed by atoms with E-state index in [1.165, 1.54) is 0 Å². The van der Waals surface area contributed by atoms with Crippen LogP contribution in [0.2, 0.25) is 0 Å². The van der Waals surface area contributed by atoms with Crippen LogP contribution in [0.15, 0.2) is 60.7 Å². The summed E-state index contributed by atoms with van der Waals surface area (Å²) in [5, 5.41) is 20.1. The van der Waals surface area contributed by atoms with Gasteiger partial charge in [0.2, 0.25) is 6.54 Å². The van der Waals surface area contributed by atoms with E-state index in [4.69, 9.17) is 9.84 Å². The van der Waals surface area contributed by atoms with Crippen LogP contribution in [-0.4, -0.2) is 29.2 Å². The number of hydrogen-bond acceptors (Lipinski definition) is 4. The maximum atomic E-state index is 11.3. The van der Waals surface area contributed by atoms with Crippen LogP contribution in [0.3, 0.4) is 0 Å². The summed E-state index contributed by atoms with van der Waals surface area (Å²) in [6, 6.07) is 18.0. The zero-order valence-corrected chi connectivity index (χ0v) is 13.1. The van der Waals surface area contributed by atoms with Crippen molar-refractivity contribution in [2.24, 2.45) is 0 Å². The minimum atomic E-state index is -1.25. The maximum absolute atomic E-state index is 11.3. The van der Waals surface area contributed by atoms with Crippen molar-refractivity contribution in [3.63, 3.8) is 0 Å². The van der Waals surface area contributed by atoms with E-state index in [9.17, 15) is 14.9 Å². The molecule has 6 nitrogen and oxygen atoms in total. The van der Waals surface area contributed by atoms with Crippen LogP contribution < -0.4 is 0 Å². The van der Waals surface area contributed by atoms with E-state index in [1.807, 2.05) is 12.1 Å². The molecule has 0 amide bonds. The van der Waals surface area contributed by atoms with E-state index in [1.54, 1.807) is 48.5 Å². The van der Waals surface area contributed by atoms with Crippen molar-refractivity contribution in [2.75, 3.05) is 13.2 Å². The molecular weight excluding hydrogens is 310 g/mol. The molecule has 0 aliphatic rings. The van der Waals surface area contributed by atoms with Crippen LogP contribution in [0, 0.1) is 10.1 Å². The molecule has 0 aliphatic heterocycles. The first-order chi connectivity index (χ1) is 11.5. The molecule has 2 rings (SSSR count). The fourth-order valence-corrected chi connectivity index (χ4v) is 2.63. The molecule has 24 heavy (non-hydrogen) atoms. The minimum Gasteiger partial charge on any atom is -0.481 e. The Morgan fingerprint density at radius 1 is 1.04 bits per heavy atom. The number of carbonyl (C=O) groups is 1. The SMILES string of the molecule is O=C(O)CCCOC(C[N+](=O)[O-])(c1ccccc1)c1ccccc1. The van der Waals surface area contributed by atoms with E-state index in [2.05, 4.69) is 0 Å². The van der Waals surface area contributed by atoms with Gasteiger partial charge in [-0.15, -0.1) is 0 Å². The number of nitrogens with zero attached hydrogens (tertiary/aromatic N) is 1. The standard InChI is InChI=1S/C18H19NO5/c20-17(21)12-7-13-24-18(14-19(22)23,15-8-3-1-4-9-15)16-10-5-2-6-11-16/h1-6,8-11H,7,12-14H2,(H,20,21). The summed E-state index contributed by atoms with van der Waals surface area (Å²) in [7, 11) is 0. The Balaban J connectivity index is 2.40. The van der Waals surface area contributed by atoms with Crippen molar-refractivity contribution in [1.82, 2.24) is 0 Å². The van der Waals surface area contributed by atoms with Gasteiger partial charge in [0.1, 0.15) is 0 Å². The van der Waals surface area contributed by atoms with Gasteiger partial charge >= 0.3 is 5.97 Å². The zero-order valence-electron chi connectivity index (χ0n) is 13.1. The van der Waals surface area contributed by atoms with Gasteiger partial charge in [0.05, 0.1) is 0 Å². The Kier molecular flexibility index (Phi) is 6.03. The summed E-state index contributed by atoms with van der Waals surface area (Å²) in [6.45, 7) is -0.321. The largest absolute Gasteiger partial charge is 0.481 e. The van der Waals surface area contributed by atoms with Gasteiger partial charge in [-0.2, -0.15) is 0 Å². The lowest BCUT2D eigenvalue weighted by Gasteiger charge is -2.31. The summed E-state index contributed by atoms with van der Waals surface area (Å²) in [6.07, 6.45) is 0.243. The summed E-state index contributed by atoms with van der Waals surface area (Å²) >= 11 is 0. The molecule has 0 heterocycles. The van der Waals surface area contributed by atoms with Gasteiger partial charge in [0.15, 0.2) is 5.60 Å². The smallest absolute Gasteiger partial charge is 0.303 e. The molecule has 1 N–H and O–H groups in total. The van der Waals surface area contributed by atoms with Crippen molar-refractivity contribution < 1.29 is 19.6 Å². The average molecular weight is 329 g/mol.